The van der Waals surface area contributed by atoms with Crippen molar-refractivity contribution in [1.82, 2.24) is 0 Å². The Kier molecular flexibility index (Phi) is 14.6. The van der Waals surface area contributed by atoms with Crippen LogP contribution in [0.15, 0.2) is 0 Å². The van der Waals surface area contributed by atoms with Crippen LogP contribution in [0.4, 0.5) is 17.6 Å². The monoisotopic (exact) mass is 412 g/mol. The van der Waals surface area contributed by atoms with Gasteiger partial charge in [0.1, 0.15) is 0 Å². The van der Waals surface area contributed by atoms with E-state index in [-0.39, 0.29) is 110 Å². The Labute approximate surface area is 188 Å². The number of rotatable bonds is 2. The summed E-state index contributed by atoms with van der Waals surface area (Å²) in [5, 5.41) is -1.09. The van der Waals surface area contributed by atoms with Gasteiger partial charge in [-0.2, -0.15) is 0 Å². The van der Waals surface area contributed by atoms with Crippen LogP contribution in [0.2, 0.25) is 0 Å². The Balaban J connectivity index is 0. The fourth-order valence-electron chi connectivity index (χ4n) is 2.41. The molecule has 0 spiro atoms. The van der Waals surface area contributed by atoms with E-state index in [1.54, 1.807) is 0 Å². The molecule has 2 rings (SSSR count). The molecule has 2 saturated carbocycles. The van der Waals surface area contributed by atoms with Gasteiger partial charge in [-0.1, -0.05) is 22.2 Å². The van der Waals surface area contributed by atoms with E-state index in [2.05, 4.69) is 0 Å². The summed E-state index contributed by atoms with van der Waals surface area (Å²) in [4.78, 5) is 0. The molecule has 0 bridgehead atoms. The van der Waals surface area contributed by atoms with Gasteiger partial charge in [0, 0.05) is 36.2 Å². The fraction of sp³-hybridized carbons (Fsp3) is 1.00. The third-order valence-corrected chi connectivity index (χ3v) is 5.90. The minimum absolute atomic E-state index is 0. The first-order valence-corrected chi connectivity index (χ1v) is 9.22. The van der Waals surface area contributed by atoms with Crippen molar-refractivity contribution in [1.29, 1.82) is 0 Å². The predicted octanol–water partition coefficient (Wildman–Crippen LogP) is -3.11. The second-order valence-electron chi connectivity index (χ2n) is 5.63. The molecule has 2 aliphatic rings. The maximum atomic E-state index is 12.4. The van der Waals surface area contributed by atoms with Crippen molar-refractivity contribution in [3.8, 4) is 0 Å². The molecule has 0 N–H and O–H groups in total. The number of alkyl halides is 4. The van der Waals surface area contributed by atoms with E-state index in [1.807, 2.05) is 0 Å². The molecule has 2 unspecified atom stereocenters. The molecule has 0 aliphatic heterocycles. The van der Waals surface area contributed by atoms with Crippen LogP contribution in [0.25, 0.3) is 0 Å². The molecule has 0 amide bonds. The third kappa shape index (κ3) is 10.9. The van der Waals surface area contributed by atoms with E-state index in [4.69, 9.17) is 0 Å². The molecular weight excluding hydrogens is 394 g/mol. The minimum Gasteiger partial charge on any atom is -0.772 e. The van der Waals surface area contributed by atoms with Gasteiger partial charge < -0.3 is 9.11 Å². The zero-order valence-electron chi connectivity index (χ0n) is 13.8. The first kappa shape index (κ1) is 28.2. The molecule has 0 saturated heterocycles. The van der Waals surface area contributed by atoms with E-state index in [1.165, 1.54) is 0 Å². The Morgan fingerprint density at radius 3 is 1.04 bits per heavy atom. The maximum absolute atomic E-state index is 12.4. The van der Waals surface area contributed by atoms with Gasteiger partial charge in [-0.25, -0.2) is 17.6 Å². The molecule has 2 atom stereocenters. The van der Waals surface area contributed by atoms with Crippen LogP contribution in [-0.4, -0.2) is 39.9 Å². The molecule has 24 heavy (non-hydrogen) atoms. The van der Waals surface area contributed by atoms with Gasteiger partial charge in [0.15, 0.2) is 0 Å². The van der Waals surface area contributed by atoms with Crippen molar-refractivity contribution >= 4 is 22.2 Å². The summed E-state index contributed by atoms with van der Waals surface area (Å²) in [6.45, 7) is 0. The molecule has 0 aromatic carbocycles. The first-order valence-electron chi connectivity index (χ1n) is 6.94. The van der Waals surface area contributed by atoms with Crippen LogP contribution < -0.4 is 59.1 Å². The van der Waals surface area contributed by atoms with Crippen LogP contribution in [0, 0.1) is 0 Å². The van der Waals surface area contributed by atoms with Crippen molar-refractivity contribution in [2.75, 3.05) is 0 Å². The van der Waals surface area contributed by atoms with Crippen molar-refractivity contribution in [3.63, 3.8) is 0 Å². The molecule has 132 valence electrons. The molecule has 0 aromatic rings. The van der Waals surface area contributed by atoms with Crippen molar-refractivity contribution in [2.24, 2.45) is 0 Å². The zero-order chi connectivity index (χ0) is 17.0. The fourth-order valence-corrected chi connectivity index (χ4v) is 3.65. The van der Waals surface area contributed by atoms with Crippen LogP contribution in [0.3, 0.4) is 0 Å². The van der Waals surface area contributed by atoms with Crippen LogP contribution in [0.1, 0.15) is 51.4 Å². The molecule has 0 heterocycles. The molecule has 0 radical (unpaired) electrons. The third-order valence-electron chi connectivity index (χ3n) is 3.87. The Morgan fingerprint density at radius 1 is 0.667 bits per heavy atom. The van der Waals surface area contributed by atoms with Gasteiger partial charge in [0.05, 0.1) is 0 Å². The topological polar surface area (TPSA) is 80.3 Å². The average Bonchev–Trinajstić information content (AvgIpc) is 2.38. The summed E-state index contributed by atoms with van der Waals surface area (Å²) >= 11 is -4.34. The summed E-state index contributed by atoms with van der Waals surface area (Å²) in [6.07, 6.45) is -0.743. The summed E-state index contributed by atoms with van der Waals surface area (Å²) < 4.78 is 91.0. The normalized spacial score (nSPS) is 25.9. The molecule has 2 fully saturated rings. The van der Waals surface area contributed by atoms with E-state index < -0.39 is 44.5 Å². The molecule has 0 aromatic heterocycles. The largest absolute Gasteiger partial charge is 1.00 e. The Hall–Kier alpha value is 1.94. The molecule has 4 nitrogen and oxygen atoms in total. The van der Waals surface area contributed by atoms with Crippen molar-refractivity contribution in [2.45, 2.75) is 73.7 Å². The quantitative estimate of drug-likeness (QED) is 0.273. The predicted molar refractivity (Wildman–Crippen MR) is 72.2 cm³/mol. The van der Waals surface area contributed by atoms with Crippen molar-refractivity contribution in [3.05, 3.63) is 0 Å². The van der Waals surface area contributed by atoms with E-state index in [9.17, 15) is 35.1 Å². The van der Waals surface area contributed by atoms with Crippen molar-refractivity contribution < 1.29 is 94.2 Å². The molecule has 12 heteroatoms. The number of halogens is 4. The minimum atomic E-state index is -2.63. The second kappa shape index (κ2) is 12.4. The first-order chi connectivity index (χ1) is 10.0. The summed E-state index contributed by atoms with van der Waals surface area (Å²) in [5.41, 5.74) is 0. The molecule has 2 aliphatic carbocycles. The second-order valence-corrected chi connectivity index (χ2v) is 8.01. The van der Waals surface area contributed by atoms with Gasteiger partial charge in [-0.05, 0) is 25.7 Å². The van der Waals surface area contributed by atoms with E-state index in [0.717, 1.165) is 0 Å². The summed E-state index contributed by atoms with van der Waals surface area (Å²) in [5.74, 6) is -5.26. The Bertz CT molecular complexity index is 372. The maximum Gasteiger partial charge on any atom is 1.00 e. The zero-order valence-corrected chi connectivity index (χ0v) is 19.4. The average molecular weight is 412 g/mol. The van der Waals surface area contributed by atoms with Gasteiger partial charge in [-0.3, -0.25) is 8.42 Å². The van der Waals surface area contributed by atoms with Gasteiger partial charge >= 0.3 is 59.1 Å². The van der Waals surface area contributed by atoms with Crippen LogP contribution in [-0.2, 0) is 22.2 Å². The number of hydrogen-bond acceptors (Lipinski definition) is 4. The van der Waals surface area contributed by atoms with Gasteiger partial charge in [0.25, 0.3) is 0 Å². The van der Waals surface area contributed by atoms with Gasteiger partial charge in [0.2, 0.25) is 11.8 Å². The smallest absolute Gasteiger partial charge is 0.772 e. The van der Waals surface area contributed by atoms with E-state index >= 15 is 0 Å². The SMILES string of the molecule is O=S([O-])C1CCC(F)(F)CC1.O=S([O-])C1CCC(F)(F)CC1.[Na+].[Na+]. The van der Waals surface area contributed by atoms with Gasteiger partial charge in [-0.15, -0.1) is 0 Å². The Morgan fingerprint density at radius 2 is 0.875 bits per heavy atom. The van der Waals surface area contributed by atoms with Crippen LogP contribution >= 0.6 is 0 Å². The van der Waals surface area contributed by atoms with Crippen LogP contribution in [0.5, 0.6) is 0 Å². The van der Waals surface area contributed by atoms with E-state index in [0.29, 0.717) is 0 Å². The number of hydrogen-bond donors (Lipinski definition) is 0. The summed E-state index contributed by atoms with van der Waals surface area (Å²) in [6, 6.07) is 0. The molecular formula is C12H18F4Na2O4S2. The standard InChI is InChI=1S/2C6H10F2O2S.2Na/c2*7-6(8)3-1-5(2-4-6)11(9)10;;/h2*5H,1-4H2,(H,9,10);;/q;;2*+1/p-2. The summed E-state index contributed by atoms with van der Waals surface area (Å²) in [7, 11) is 0.